The molecule has 0 amide bonds. The number of hydroxylamine groups is 2. The molecule has 0 spiro atoms. The first-order valence-corrected chi connectivity index (χ1v) is 2.43. The van der Waals surface area contributed by atoms with Gasteiger partial charge >= 0.3 is 0 Å². The molecule has 0 aliphatic rings. The monoisotopic (exact) mass is 116 g/mol. The SMILES string of the molecule is CN/C=C\ON(C)C. The van der Waals surface area contributed by atoms with Crippen LogP contribution in [-0.2, 0) is 4.84 Å². The van der Waals surface area contributed by atoms with Crippen molar-refractivity contribution in [3.63, 3.8) is 0 Å². The number of nitrogens with one attached hydrogen (secondary N) is 1. The lowest BCUT2D eigenvalue weighted by Gasteiger charge is -2.05. The van der Waals surface area contributed by atoms with Gasteiger partial charge in [-0.05, 0) is 0 Å². The molecule has 0 atom stereocenters. The maximum Gasteiger partial charge on any atom is 0.127 e. The molecule has 0 unspecified atom stereocenters. The van der Waals surface area contributed by atoms with Crippen molar-refractivity contribution in [3.8, 4) is 0 Å². The van der Waals surface area contributed by atoms with Gasteiger partial charge in [-0.25, -0.2) is 0 Å². The molecule has 0 heterocycles. The number of nitrogens with zero attached hydrogens (tertiary/aromatic N) is 1. The molecule has 48 valence electrons. The van der Waals surface area contributed by atoms with Gasteiger partial charge in [-0.15, -0.1) is 0 Å². The fourth-order valence-corrected chi connectivity index (χ4v) is 0.220. The number of hydrogen-bond acceptors (Lipinski definition) is 3. The maximum atomic E-state index is 4.87. The molecule has 3 heteroatoms. The van der Waals surface area contributed by atoms with Crippen LogP contribution in [0.25, 0.3) is 0 Å². The van der Waals surface area contributed by atoms with E-state index in [4.69, 9.17) is 4.84 Å². The molecular formula is C5H12N2O. The summed E-state index contributed by atoms with van der Waals surface area (Å²) < 4.78 is 0. The van der Waals surface area contributed by atoms with E-state index in [1.54, 1.807) is 17.5 Å². The minimum atomic E-state index is 1.57. The van der Waals surface area contributed by atoms with Crippen molar-refractivity contribution in [1.29, 1.82) is 0 Å². The Hall–Kier alpha value is -0.700. The highest BCUT2D eigenvalue weighted by Crippen LogP contribution is 1.76. The quantitative estimate of drug-likeness (QED) is 0.420. The fraction of sp³-hybridized carbons (Fsp3) is 0.600. The Morgan fingerprint density at radius 3 is 2.50 bits per heavy atom. The molecule has 0 aromatic rings. The summed E-state index contributed by atoms with van der Waals surface area (Å²) >= 11 is 0. The standard InChI is InChI=1S/C5H12N2O/c1-6-4-5-8-7(2)3/h4-6H,1-3H3/b5-4-. The van der Waals surface area contributed by atoms with E-state index in [9.17, 15) is 0 Å². The Morgan fingerprint density at radius 1 is 1.50 bits per heavy atom. The summed E-state index contributed by atoms with van der Waals surface area (Å²) in [7, 11) is 5.45. The summed E-state index contributed by atoms with van der Waals surface area (Å²) in [6.07, 6.45) is 3.28. The Labute approximate surface area is 49.9 Å². The topological polar surface area (TPSA) is 24.5 Å². The van der Waals surface area contributed by atoms with Crippen LogP contribution in [0.4, 0.5) is 0 Å². The Balaban J connectivity index is 3.03. The smallest absolute Gasteiger partial charge is 0.127 e. The average Bonchev–Trinajstić information content (AvgIpc) is 1.66. The van der Waals surface area contributed by atoms with Crippen molar-refractivity contribution in [3.05, 3.63) is 12.5 Å². The molecule has 0 fully saturated rings. The second kappa shape index (κ2) is 4.46. The van der Waals surface area contributed by atoms with E-state index in [1.165, 1.54) is 0 Å². The summed E-state index contributed by atoms with van der Waals surface area (Å²) in [4.78, 5) is 4.87. The summed E-state index contributed by atoms with van der Waals surface area (Å²) in [6, 6.07) is 0. The van der Waals surface area contributed by atoms with Crippen molar-refractivity contribution in [2.24, 2.45) is 0 Å². The molecule has 0 aliphatic carbocycles. The lowest BCUT2D eigenvalue weighted by atomic mass is 10.9. The third kappa shape index (κ3) is 5.30. The third-order valence-electron chi connectivity index (χ3n) is 0.506. The number of rotatable bonds is 3. The normalized spacial score (nSPS) is 10.5. The molecular weight excluding hydrogens is 104 g/mol. The van der Waals surface area contributed by atoms with Crippen LogP contribution in [0.5, 0.6) is 0 Å². The number of hydrogen-bond donors (Lipinski definition) is 1. The van der Waals surface area contributed by atoms with Gasteiger partial charge in [0.15, 0.2) is 0 Å². The highest BCUT2D eigenvalue weighted by Gasteiger charge is 1.76. The summed E-state index contributed by atoms with van der Waals surface area (Å²) in [6.45, 7) is 0. The second-order valence-electron chi connectivity index (χ2n) is 1.51. The predicted molar refractivity (Wildman–Crippen MR) is 33.0 cm³/mol. The Morgan fingerprint density at radius 2 is 2.12 bits per heavy atom. The highest BCUT2D eigenvalue weighted by molar-refractivity contribution is 4.65. The van der Waals surface area contributed by atoms with E-state index in [0.717, 1.165) is 0 Å². The van der Waals surface area contributed by atoms with E-state index in [1.807, 2.05) is 21.1 Å². The first-order valence-electron chi connectivity index (χ1n) is 2.43. The largest absolute Gasteiger partial charge is 0.413 e. The van der Waals surface area contributed by atoms with E-state index < -0.39 is 0 Å². The molecule has 8 heavy (non-hydrogen) atoms. The van der Waals surface area contributed by atoms with Crippen LogP contribution in [0.3, 0.4) is 0 Å². The predicted octanol–water partition coefficient (Wildman–Crippen LogP) is 0.170. The molecule has 0 saturated heterocycles. The highest BCUT2D eigenvalue weighted by atomic mass is 16.7. The molecule has 1 N–H and O–H groups in total. The van der Waals surface area contributed by atoms with Crippen molar-refractivity contribution < 1.29 is 4.84 Å². The van der Waals surface area contributed by atoms with Gasteiger partial charge in [0.2, 0.25) is 0 Å². The molecule has 0 bridgehead atoms. The van der Waals surface area contributed by atoms with Crippen molar-refractivity contribution >= 4 is 0 Å². The molecule has 0 radical (unpaired) electrons. The van der Waals surface area contributed by atoms with Crippen molar-refractivity contribution in [2.75, 3.05) is 21.1 Å². The van der Waals surface area contributed by atoms with Gasteiger partial charge in [0, 0.05) is 27.3 Å². The zero-order chi connectivity index (χ0) is 6.41. The van der Waals surface area contributed by atoms with E-state index in [-0.39, 0.29) is 0 Å². The molecule has 3 nitrogen and oxygen atoms in total. The first kappa shape index (κ1) is 7.30. The van der Waals surface area contributed by atoms with Crippen LogP contribution in [0.15, 0.2) is 12.5 Å². The molecule has 0 aliphatic heterocycles. The molecule has 0 rings (SSSR count). The van der Waals surface area contributed by atoms with Gasteiger partial charge in [0.05, 0.1) is 0 Å². The van der Waals surface area contributed by atoms with Gasteiger partial charge in [0.25, 0.3) is 0 Å². The van der Waals surface area contributed by atoms with Crippen LogP contribution < -0.4 is 5.32 Å². The fourth-order valence-electron chi connectivity index (χ4n) is 0.220. The lowest BCUT2D eigenvalue weighted by Crippen LogP contribution is -2.08. The Kier molecular flexibility index (Phi) is 4.07. The minimum absolute atomic E-state index is 1.57. The summed E-state index contributed by atoms with van der Waals surface area (Å²) in [5.74, 6) is 0. The van der Waals surface area contributed by atoms with Gasteiger partial charge in [-0.2, -0.15) is 5.06 Å². The van der Waals surface area contributed by atoms with E-state index in [0.29, 0.717) is 0 Å². The zero-order valence-electron chi connectivity index (χ0n) is 5.51. The van der Waals surface area contributed by atoms with Crippen molar-refractivity contribution in [2.45, 2.75) is 0 Å². The minimum Gasteiger partial charge on any atom is -0.413 e. The molecule has 0 saturated carbocycles. The van der Waals surface area contributed by atoms with Gasteiger partial charge in [-0.3, -0.25) is 0 Å². The molecule has 0 aromatic carbocycles. The average molecular weight is 116 g/mol. The summed E-state index contributed by atoms with van der Waals surface area (Å²) in [5, 5.41) is 4.40. The van der Waals surface area contributed by atoms with Crippen LogP contribution >= 0.6 is 0 Å². The van der Waals surface area contributed by atoms with Gasteiger partial charge in [0.1, 0.15) is 6.26 Å². The van der Waals surface area contributed by atoms with Crippen LogP contribution in [0.1, 0.15) is 0 Å². The van der Waals surface area contributed by atoms with E-state index >= 15 is 0 Å². The Bertz CT molecular complexity index is 70.8. The zero-order valence-corrected chi connectivity index (χ0v) is 5.51. The van der Waals surface area contributed by atoms with Crippen LogP contribution in [0.2, 0.25) is 0 Å². The summed E-state index contributed by atoms with van der Waals surface area (Å²) in [5.41, 5.74) is 0. The molecule has 0 aromatic heterocycles. The van der Waals surface area contributed by atoms with Crippen LogP contribution in [0, 0.1) is 0 Å². The maximum absolute atomic E-state index is 4.87. The van der Waals surface area contributed by atoms with Crippen molar-refractivity contribution in [1.82, 2.24) is 10.4 Å². The van der Waals surface area contributed by atoms with E-state index in [2.05, 4.69) is 5.32 Å². The third-order valence-corrected chi connectivity index (χ3v) is 0.506. The van der Waals surface area contributed by atoms with Gasteiger partial charge < -0.3 is 10.2 Å². The first-order chi connectivity index (χ1) is 3.77. The lowest BCUT2D eigenvalue weighted by molar-refractivity contribution is -0.0542. The van der Waals surface area contributed by atoms with Gasteiger partial charge in [-0.1, -0.05) is 0 Å². The second-order valence-corrected chi connectivity index (χ2v) is 1.51. The van der Waals surface area contributed by atoms with Crippen LogP contribution in [-0.4, -0.2) is 26.2 Å².